The fourth-order valence-corrected chi connectivity index (χ4v) is 3.33. The van der Waals surface area contributed by atoms with Crippen LogP contribution in [0.25, 0.3) is 0 Å². The molecule has 1 fully saturated rings. The lowest BCUT2D eigenvalue weighted by Gasteiger charge is -2.35. The van der Waals surface area contributed by atoms with Gasteiger partial charge in [-0.3, -0.25) is 4.90 Å². The highest BCUT2D eigenvalue weighted by molar-refractivity contribution is 6.30. The molecule has 0 bridgehead atoms. The first kappa shape index (κ1) is 14.9. The van der Waals surface area contributed by atoms with Crippen molar-refractivity contribution in [2.45, 2.75) is 25.3 Å². The first-order valence-electron chi connectivity index (χ1n) is 7.49. The molecular formula is C18H19Cl2N. The molecule has 0 spiro atoms. The van der Waals surface area contributed by atoms with E-state index < -0.39 is 0 Å². The Kier molecular flexibility index (Phi) is 4.84. The van der Waals surface area contributed by atoms with Crippen molar-refractivity contribution in [2.75, 3.05) is 13.1 Å². The van der Waals surface area contributed by atoms with E-state index in [2.05, 4.69) is 29.2 Å². The summed E-state index contributed by atoms with van der Waals surface area (Å²) in [6.07, 6.45) is 3.89. The lowest BCUT2D eigenvalue weighted by molar-refractivity contribution is 0.187. The average molecular weight is 320 g/mol. The third kappa shape index (κ3) is 3.60. The molecule has 21 heavy (non-hydrogen) atoms. The molecule has 1 aliphatic rings. The Morgan fingerprint density at radius 2 is 1.10 bits per heavy atom. The van der Waals surface area contributed by atoms with E-state index in [4.69, 9.17) is 23.2 Å². The molecule has 1 heterocycles. The Labute approximate surface area is 136 Å². The summed E-state index contributed by atoms with van der Waals surface area (Å²) in [4.78, 5) is 2.57. The van der Waals surface area contributed by atoms with E-state index in [-0.39, 0.29) is 0 Å². The minimum atomic E-state index is 0.292. The van der Waals surface area contributed by atoms with Crippen LogP contribution in [0, 0.1) is 0 Å². The molecule has 2 aromatic carbocycles. The van der Waals surface area contributed by atoms with E-state index in [1.807, 2.05) is 24.3 Å². The summed E-state index contributed by atoms with van der Waals surface area (Å²) in [6, 6.07) is 16.7. The normalized spacial score (nSPS) is 16.3. The second-order valence-corrected chi connectivity index (χ2v) is 6.48. The quantitative estimate of drug-likeness (QED) is 0.715. The number of piperidine rings is 1. The molecule has 1 saturated heterocycles. The summed E-state index contributed by atoms with van der Waals surface area (Å²) in [5.74, 6) is 0. The number of hydrogen-bond acceptors (Lipinski definition) is 1. The number of benzene rings is 2. The second kappa shape index (κ2) is 6.83. The summed E-state index contributed by atoms with van der Waals surface area (Å²) in [6.45, 7) is 2.30. The van der Waals surface area contributed by atoms with E-state index in [9.17, 15) is 0 Å². The monoisotopic (exact) mass is 319 g/mol. The maximum Gasteiger partial charge on any atom is 0.0601 e. The Morgan fingerprint density at radius 1 is 0.667 bits per heavy atom. The van der Waals surface area contributed by atoms with Crippen molar-refractivity contribution in [2.24, 2.45) is 0 Å². The first-order valence-corrected chi connectivity index (χ1v) is 8.24. The Morgan fingerprint density at radius 3 is 1.52 bits per heavy atom. The van der Waals surface area contributed by atoms with Crippen molar-refractivity contribution in [3.05, 3.63) is 69.7 Å². The lowest BCUT2D eigenvalue weighted by Crippen LogP contribution is -2.34. The maximum atomic E-state index is 6.04. The molecule has 0 aliphatic carbocycles. The molecule has 0 atom stereocenters. The zero-order valence-electron chi connectivity index (χ0n) is 11.9. The minimum Gasteiger partial charge on any atom is -0.292 e. The van der Waals surface area contributed by atoms with Gasteiger partial charge in [0, 0.05) is 10.0 Å². The highest BCUT2D eigenvalue weighted by Crippen LogP contribution is 2.32. The number of rotatable bonds is 3. The summed E-state index contributed by atoms with van der Waals surface area (Å²) in [5, 5.41) is 1.57. The van der Waals surface area contributed by atoms with Gasteiger partial charge in [-0.15, -0.1) is 0 Å². The van der Waals surface area contributed by atoms with Gasteiger partial charge in [-0.2, -0.15) is 0 Å². The third-order valence-corrected chi connectivity index (χ3v) is 4.63. The molecule has 0 aromatic heterocycles. The van der Waals surface area contributed by atoms with E-state index >= 15 is 0 Å². The summed E-state index contributed by atoms with van der Waals surface area (Å²) in [5.41, 5.74) is 2.59. The number of likely N-dealkylation sites (tertiary alicyclic amines) is 1. The van der Waals surface area contributed by atoms with Crippen molar-refractivity contribution < 1.29 is 0 Å². The van der Waals surface area contributed by atoms with Crippen molar-refractivity contribution in [3.63, 3.8) is 0 Å². The van der Waals surface area contributed by atoms with Gasteiger partial charge in [0.1, 0.15) is 0 Å². The summed E-state index contributed by atoms with van der Waals surface area (Å²) >= 11 is 12.1. The average Bonchev–Trinajstić information content (AvgIpc) is 2.52. The predicted octanol–water partition coefficient (Wildman–Crippen LogP) is 5.57. The maximum absolute atomic E-state index is 6.04. The van der Waals surface area contributed by atoms with Gasteiger partial charge < -0.3 is 0 Å². The molecule has 0 amide bonds. The highest BCUT2D eigenvalue weighted by atomic mass is 35.5. The van der Waals surface area contributed by atoms with Crippen LogP contribution in [0.5, 0.6) is 0 Å². The zero-order valence-corrected chi connectivity index (χ0v) is 13.4. The van der Waals surface area contributed by atoms with Gasteiger partial charge >= 0.3 is 0 Å². The fourth-order valence-electron chi connectivity index (χ4n) is 3.08. The molecular weight excluding hydrogens is 301 g/mol. The van der Waals surface area contributed by atoms with E-state index in [0.29, 0.717) is 6.04 Å². The standard InChI is InChI=1S/C18H19Cl2N/c19-16-8-4-14(5-9-16)18(21-12-2-1-3-13-21)15-6-10-17(20)11-7-15/h4-11,18H,1-3,12-13H2. The van der Waals surface area contributed by atoms with Crippen molar-refractivity contribution in [1.29, 1.82) is 0 Å². The van der Waals surface area contributed by atoms with Crippen LogP contribution in [0.2, 0.25) is 10.0 Å². The van der Waals surface area contributed by atoms with Gasteiger partial charge in [0.15, 0.2) is 0 Å². The van der Waals surface area contributed by atoms with Crippen LogP contribution in [0.1, 0.15) is 36.4 Å². The van der Waals surface area contributed by atoms with Gasteiger partial charge in [-0.1, -0.05) is 53.9 Å². The topological polar surface area (TPSA) is 3.24 Å². The molecule has 3 rings (SSSR count). The van der Waals surface area contributed by atoms with E-state index in [1.165, 1.54) is 30.4 Å². The number of hydrogen-bond donors (Lipinski definition) is 0. The van der Waals surface area contributed by atoms with Crippen LogP contribution in [-0.2, 0) is 0 Å². The van der Waals surface area contributed by atoms with E-state index in [0.717, 1.165) is 23.1 Å². The molecule has 2 aromatic rings. The van der Waals surface area contributed by atoms with Crippen LogP contribution in [0.15, 0.2) is 48.5 Å². The summed E-state index contributed by atoms with van der Waals surface area (Å²) in [7, 11) is 0. The Balaban J connectivity index is 1.97. The van der Waals surface area contributed by atoms with Crippen LogP contribution >= 0.6 is 23.2 Å². The van der Waals surface area contributed by atoms with Crippen LogP contribution < -0.4 is 0 Å². The van der Waals surface area contributed by atoms with Crippen molar-refractivity contribution in [1.82, 2.24) is 4.90 Å². The largest absolute Gasteiger partial charge is 0.292 e. The van der Waals surface area contributed by atoms with Gasteiger partial charge in [-0.05, 0) is 61.3 Å². The highest BCUT2D eigenvalue weighted by Gasteiger charge is 2.23. The van der Waals surface area contributed by atoms with E-state index in [1.54, 1.807) is 0 Å². The number of halogens is 2. The molecule has 0 N–H and O–H groups in total. The Hall–Kier alpha value is -1.02. The first-order chi connectivity index (χ1) is 10.2. The minimum absolute atomic E-state index is 0.292. The van der Waals surface area contributed by atoms with Gasteiger partial charge in [0.05, 0.1) is 6.04 Å². The van der Waals surface area contributed by atoms with Crippen molar-refractivity contribution in [3.8, 4) is 0 Å². The molecule has 1 aliphatic heterocycles. The zero-order chi connectivity index (χ0) is 14.7. The lowest BCUT2D eigenvalue weighted by atomic mass is 9.95. The van der Waals surface area contributed by atoms with Crippen molar-refractivity contribution >= 4 is 23.2 Å². The van der Waals surface area contributed by atoms with Gasteiger partial charge in [-0.25, -0.2) is 0 Å². The Bertz CT molecular complexity index is 526. The molecule has 110 valence electrons. The van der Waals surface area contributed by atoms with Crippen LogP contribution in [-0.4, -0.2) is 18.0 Å². The number of nitrogens with zero attached hydrogens (tertiary/aromatic N) is 1. The van der Waals surface area contributed by atoms with Gasteiger partial charge in [0.25, 0.3) is 0 Å². The predicted molar refractivity (Wildman–Crippen MR) is 90.2 cm³/mol. The molecule has 0 unspecified atom stereocenters. The molecule has 3 heteroatoms. The molecule has 0 radical (unpaired) electrons. The SMILES string of the molecule is Clc1ccc(C(c2ccc(Cl)cc2)N2CCCCC2)cc1. The molecule has 0 saturated carbocycles. The van der Waals surface area contributed by atoms with Gasteiger partial charge in [0.2, 0.25) is 0 Å². The third-order valence-electron chi connectivity index (χ3n) is 4.13. The second-order valence-electron chi connectivity index (χ2n) is 5.60. The smallest absolute Gasteiger partial charge is 0.0601 e. The van der Waals surface area contributed by atoms with Crippen LogP contribution in [0.3, 0.4) is 0 Å². The summed E-state index contributed by atoms with van der Waals surface area (Å²) < 4.78 is 0. The van der Waals surface area contributed by atoms with Crippen LogP contribution in [0.4, 0.5) is 0 Å². The molecule has 1 nitrogen and oxygen atoms in total. The fraction of sp³-hybridized carbons (Fsp3) is 0.333.